The van der Waals surface area contributed by atoms with Crippen molar-refractivity contribution in [1.82, 2.24) is 15.1 Å². The smallest absolute Gasteiger partial charge is 0.0834 e. The van der Waals surface area contributed by atoms with Gasteiger partial charge in [0.15, 0.2) is 0 Å². The van der Waals surface area contributed by atoms with E-state index in [-0.39, 0.29) is 6.04 Å². The molecule has 1 atom stereocenters. The minimum atomic E-state index is 0.214. The molecule has 0 radical (unpaired) electrons. The molecular formula is C15H24ClN3O. The van der Waals surface area contributed by atoms with Crippen molar-refractivity contribution >= 4 is 11.6 Å². The topological polar surface area (TPSA) is 39.1 Å². The van der Waals surface area contributed by atoms with Crippen molar-refractivity contribution in [1.29, 1.82) is 0 Å². The number of ether oxygens (including phenoxy) is 1. The molecule has 0 saturated heterocycles. The Balaban J connectivity index is 2.13. The molecule has 4 nitrogen and oxygen atoms in total. The Labute approximate surface area is 126 Å². The van der Waals surface area contributed by atoms with Crippen LogP contribution >= 0.6 is 11.6 Å². The monoisotopic (exact) mass is 297 g/mol. The molecule has 1 aromatic rings. The van der Waals surface area contributed by atoms with Gasteiger partial charge >= 0.3 is 0 Å². The van der Waals surface area contributed by atoms with Gasteiger partial charge in [0.25, 0.3) is 0 Å². The number of halogens is 1. The number of rotatable bonds is 7. The van der Waals surface area contributed by atoms with Crippen molar-refractivity contribution in [3.8, 4) is 0 Å². The summed E-state index contributed by atoms with van der Waals surface area (Å²) < 4.78 is 7.09. The van der Waals surface area contributed by atoms with Crippen LogP contribution in [0.5, 0.6) is 0 Å². The lowest BCUT2D eigenvalue weighted by Crippen LogP contribution is -2.22. The van der Waals surface area contributed by atoms with E-state index in [1.165, 1.54) is 31.3 Å². The summed E-state index contributed by atoms with van der Waals surface area (Å²) in [7, 11) is 3.69. The van der Waals surface area contributed by atoms with Crippen molar-refractivity contribution in [3.05, 3.63) is 28.6 Å². The predicted molar refractivity (Wildman–Crippen MR) is 82.1 cm³/mol. The molecular weight excluding hydrogens is 274 g/mol. The van der Waals surface area contributed by atoms with Crippen molar-refractivity contribution < 1.29 is 4.74 Å². The second-order valence-corrected chi connectivity index (χ2v) is 5.65. The van der Waals surface area contributed by atoms with E-state index in [0.29, 0.717) is 6.61 Å². The molecule has 0 aromatic carbocycles. The van der Waals surface area contributed by atoms with Gasteiger partial charge in [-0.25, -0.2) is 0 Å². The summed E-state index contributed by atoms with van der Waals surface area (Å²) in [6, 6.07) is 0.214. The van der Waals surface area contributed by atoms with Gasteiger partial charge < -0.3 is 10.1 Å². The number of nitrogens with zero attached hydrogens (tertiary/aromatic N) is 2. The van der Waals surface area contributed by atoms with Crippen LogP contribution in [-0.2, 0) is 11.3 Å². The average Bonchev–Trinajstić information content (AvgIpc) is 2.84. The molecule has 1 aliphatic rings. The molecule has 0 amide bonds. The van der Waals surface area contributed by atoms with Gasteiger partial charge in [-0.05, 0) is 39.2 Å². The van der Waals surface area contributed by atoms with E-state index in [1.54, 1.807) is 13.3 Å². The maximum atomic E-state index is 6.33. The zero-order valence-corrected chi connectivity index (χ0v) is 13.1. The number of aromatic nitrogens is 2. The molecule has 0 bridgehead atoms. The zero-order chi connectivity index (χ0) is 14.4. The van der Waals surface area contributed by atoms with Crippen LogP contribution in [0.2, 0.25) is 5.02 Å². The van der Waals surface area contributed by atoms with Gasteiger partial charge in [-0.1, -0.05) is 23.3 Å². The second-order valence-electron chi connectivity index (χ2n) is 5.25. The minimum absolute atomic E-state index is 0.214. The summed E-state index contributed by atoms with van der Waals surface area (Å²) in [6.07, 6.45) is 10.2. The van der Waals surface area contributed by atoms with E-state index in [2.05, 4.69) is 16.5 Å². The molecule has 0 fully saturated rings. The fourth-order valence-electron chi connectivity index (χ4n) is 2.76. The highest BCUT2D eigenvalue weighted by atomic mass is 35.5. The highest BCUT2D eigenvalue weighted by molar-refractivity contribution is 6.31. The van der Waals surface area contributed by atoms with Crippen LogP contribution in [0, 0.1) is 0 Å². The zero-order valence-electron chi connectivity index (χ0n) is 12.4. The van der Waals surface area contributed by atoms with Crippen LogP contribution in [0.1, 0.15) is 43.8 Å². The highest BCUT2D eigenvalue weighted by Crippen LogP contribution is 2.30. The summed E-state index contributed by atoms with van der Waals surface area (Å²) in [5.41, 5.74) is 2.60. The molecule has 1 heterocycles. The Bertz CT molecular complexity index is 456. The van der Waals surface area contributed by atoms with Gasteiger partial charge in [0.05, 0.1) is 36.1 Å². The van der Waals surface area contributed by atoms with Gasteiger partial charge in [0.1, 0.15) is 0 Å². The summed E-state index contributed by atoms with van der Waals surface area (Å²) in [5, 5.41) is 8.48. The molecule has 1 N–H and O–H groups in total. The first-order valence-corrected chi connectivity index (χ1v) is 7.69. The van der Waals surface area contributed by atoms with Crippen LogP contribution in [-0.4, -0.2) is 30.5 Å². The van der Waals surface area contributed by atoms with Crippen LogP contribution in [0.4, 0.5) is 0 Å². The van der Waals surface area contributed by atoms with Crippen LogP contribution in [0.3, 0.4) is 0 Å². The van der Waals surface area contributed by atoms with Crippen molar-refractivity contribution in [2.75, 3.05) is 20.8 Å². The maximum Gasteiger partial charge on any atom is 0.0834 e. The van der Waals surface area contributed by atoms with E-state index in [4.69, 9.17) is 16.3 Å². The SMILES string of the molecule is CNC(CC1=CCCCC1)c1c(Cl)cnn1CCOC. The third-order valence-corrected chi connectivity index (χ3v) is 4.16. The largest absolute Gasteiger partial charge is 0.383 e. The lowest BCUT2D eigenvalue weighted by Gasteiger charge is -2.22. The standard InChI is InChI=1S/C15H24ClN3O/c1-17-14(10-12-6-4-3-5-7-12)15-13(16)11-18-19(15)8-9-20-2/h6,11,14,17H,3-5,7-10H2,1-2H3. The Kier molecular flexibility index (Phi) is 6.07. The minimum Gasteiger partial charge on any atom is -0.383 e. The molecule has 1 unspecified atom stereocenters. The summed E-state index contributed by atoms with van der Waals surface area (Å²) >= 11 is 6.33. The van der Waals surface area contributed by atoms with E-state index in [0.717, 1.165) is 23.7 Å². The quantitative estimate of drug-likeness (QED) is 0.785. The molecule has 20 heavy (non-hydrogen) atoms. The Morgan fingerprint density at radius 1 is 1.50 bits per heavy atom. The van der Waals surface area contributed by atoms with Crippen molar-refractivity contribution in [2.24, 2.45) is 0 Å². The number of hydrogen-bond donors (Lipinski definition) is 1. The summed E-state index contributed by atoms with van der Waals surface area (Å²) in [4.78, 5) is 0. The van der Waals surface area contributed by atoms with Gasteiger partial charge in [0, 0.05) is 7.11 Å². The van der Waals surface area contributed by atoms with Crippen molar-refractivity contribution in [3.63, 3.8) is 0 Å². The van der Waals surface area contributed by atoms with Gasteiger partial charge in [-0.3, -0.25) is 4.68 Å². The van der Waals surface area contributed by atoms with Crippen LogP contribution < -0.4 is 5.32 Å². The van der Waals surface area contributed by atoms with Gasteiger partial charge in [-0.2, -0.15) is 5.10 Å². The fraction of sp³-hybridized carbons (Fsp3) is 0.667. The number of hydrogen-bond acceptors (Lipinski definition) is 3. The first kappa shape index (κ1) is 15.5. The number of nitrogens with one attached hydrogen (secondary N) is 1. The molecule has 112 valence electrons. The predicted octanol–water partition coefficient (Wildman–Crippen LogP) is 3.33. The normalized spacial score (nSPS) is 17.1. The number of allylic oxidation sites excluding steroid dienone is 1. The average molecular weight is 298 g/mol. The van der Waals surface area contributed by atoms with Crippen molar-refractivity contribution in [2.45, 2.75) is 44.7 Å². The Morgan fingerprint density at radius 3 is 3.00 bits per heavy atom. The third-order valence-electron chi connectivity index (χ3n) is 3.87. The van der Waals surface area contributed by atoms with E-state index < -0.39 is 0 Å². The Morgan fingerprint density at radius 2 is 2.35 bits per heavy atom. The highest BCUT2D eigenvalue weighted by Gasteiger charge is 2.20. The molecule has 0 spiro atoms. The first-order valence-electron chi connectivity index (χ1n) is 7.31. The molecule has 5 heteroatoms. The Hall–Kier alpha value is -0.840. The molecule has 1 aliphatic carbocycles. The van der Waals surface area contributed by atoms with Crippen LogP contribution in [0.15, 0.2) is 17.8 Å². The van der Waals surface area contributed by atoms with E-state index in [9.17, 15) is 0 Å². The summed E-state index contributed by atoms with van der Waals surface area (Å²) in [6.45, 7) is 1.37. The third kappa shape index (κ3) is 3.84. The molecule has 1 aromatic heterocycles. The molecule has 0 aliphatic heterocycles. The first-order chi connectivity index (χ1) is 9.76. The lowest BCUT2D eigenvalue weighted by molar-refractivity contribution is 0.181. The second kappa shape index (κ2) is 7.81. The fourth-order valence-corrected chi connectivity index (χ4v) is 3.03. The van der Waals surface area contributed by atoms with E-state index in [1.807, 2.05) is 11.7 Å². The molecule has 0 saturated carbocycles. The molecule has 2 rings (SSSR count). The van der Waals surface area contributed by atoms with Crippen LogP contribution in [0.25, 0.3) is 0 Å². The van der Waals surface area contributed by atoms with Gasteiger partial charge in [-0.15, -0.1) is 0 Å². The van der Waals surface area contributed by atoms with E-state index >= 15 is 0 Å². The maximum absolute atomic E-state index is 6.33. The lowest BCUT2D eigenvalue weighted by atomic mass is 9.93. The summed E-state index contributed by atoms with van der Waals surface area (Å²) in [5.74, 6) is 0. The number of methoxy groups -OCH3 is 1. The van der Waals surface area contributed by atoms with Gasteiger partial charge in [0.2, 0.25) is 0 Å².